The maximum absolute atomic E-state index is 12.4. The van der Waals surface area contributed by atoms with Crippen LogP contribution >= 0.6 is 11.3 Å². The number of likely N-dealkylation sites (N-methyl/N-ethyl adjacent to an activating group) is 1. The minimum atomic E-state index is -0.0327. The Kier molecular flexibility index (Phi) is 3.54. The lowest BCUT2D eigenvalue weighted by atomic mass is 9.93. The average molecular weight is 329 g/mol. The van der Waals surface area contributed by atoms with Crippen molar-refractivity contribution in [3.63, 3.8) is 0 Å². The van der Waals surface area contributed by atoms with Gasteiger partial charge in [-0.25, -0.2) is 9.97 Å². The summed E-state index contributed by atoms with van der Waals surface area (Å²) < 4.78 is 0. The average Bonchev–Trinajstić information content (AvgIpc) is 3.23. The van der Waals surface area contributed by atoms with Crippen LogP contribution in [0.2, 0.25) is 0 Å². The molecule has 4 heterocycles. The lowest BCUT2D eigenvalue weighted by molar-refractivity contribution is -0.123. The summed E-state index contributed by atoms with van der Waals surface area (Å²) in [5, 5.41) is 4.07. The zero-order valence-corrected chi connectivity index (χ0v) is 13.9. The number of carbonyl (C=O) groups excluding carboxylic acids is 1. The van der Waals surface area contributed by atoms with E-state index in [9.17, 15) is 4.79 Å². The summed E-state index contributed by atoms with van der Waals surface area (Å²) in [6.45, 7) is 2.95. The molecular weight excluding hydrogens is 310 g/mol. The van der Waals surface area contributed by atoms with Crippen LogP contribution in [-0.2, 0) is 4.79 Å². The standard InChI is InChI=1S/C16H19N5OS/c1-19-9-14(22)21(13-3-8-23-10-13)12-16(19)4-7-20(11-16)15-17-5-2-6-18-15/h2-3,5-6,8,10H,4,7,9,11-12H2,1H3. The van der Waals surface area contributed by atoms with Crippen molar-refractivity contribution in [1.29, 1.82) is 0 Å². The summed E-state index contributed by atoms with van der Waals surface area (Å²) in [5.41, 5.74) is 0.983. The third-order valence-electron chi connectivity index (χ3n) is 4.92. The molecule has 2 saturated heterocycles. The molecule has 120 valence electrons. The largest absolute Gasteiger partial charge is 0.339 e. The number of carbonyl (C=O) groups is 1. The Bertz CT molecular complexity index is 692. The highest BCUT2D eigenvalue weighted by Gasteiger charge is 2.48. The van der Waals surface area contributed by atoms with Crippen molar-refractivity contribution in [2.45, 2.75) is 12.0 Å². The highest BCUT2D eigenvalue weighted by Crippen LogP contribution is 2.34. The number of anilines is 2. The second kappa shape index (κ2) is 5.58. The summed E-state index contributed by atoms with van der Waals surface area (Å²) in [4.78, 5) is 27.5. The monoisotopic (exact) mass is 329 g/mol. The summed E-state index contributed by atoms with van der Waals surface area (Å²) >= 11 is 1.63. The Balaban J connectivity index is 1.59. The quantitative estimate of drug-likeness (QED) is 0.835. The molecule has 1 unspecified atom stereocenters. The summed E-state index contributed by atoms with van der Waals surface area (Å²) in [5.74, 6) is 0.947. The summed E-state index contributed by atoms with van der Waals surface area (Å²) in [7, 11) is 2.05. The number of rotatable bonds is 2. The van der Waals surface area contributed by atoms with Crippen molar-refractivity contribution >= 4 is 28.9 Å². The highest BCUT2D eigenvalue weighted by atomic mass is 32.1. The van der Waals surface area contributed by atoms with Gasteiger partial charge in [-0.15, -0.1) is 0 Å². The van der Waals surface area contributed by atoms with Gasteiger partial charge in [-0.05, 0) is 31.0 Å². The van der Waals surface area contributed by atoms with Crippen LogP contribution in [0.3, 0.4) is 0 Å². The molecule has 23 heavy (non-hydrogen) atoms. The van der Waals surface area contributed by atoms with Crippen LogP contribution in [0.5, 0.6) is 0 Å². The Morgan fingerprint density at radius 2 is 2.09 bits per heavy atom. The number of hydrogen-bond acceptors (Lipinski definition) is 6. The maximum Gasteiger partial charge on any atom is 0.241 e. The second-order valence-electron chi connectivity index (χ2n) is 6.26. The van der Waals surface area contributed by atoms with Gasteiger partial charge in [-0.1, -0.05) is 0 Å². The lowest BCUT2D eigenvalue weighted by Crippen LogP contribution is -2.64. The van der Waals surface area contributed by atoms with E-state index in [-0.39, 0.29) is 11.4 Å². The van der Waals surface area contributed by atoms with Gasteiger partial charge in [-0.2, -0.15) is 11.3 Å². The van der Waals surface area contributed by atoms with Gasteiger partial charge in [0.1, 0.15) is 0 Å². The second-order valence-corrected chi connectivity index (χ2v) is 7.04. The molecular formula is C16H19N5OS. The summed E-state index contributed by atoms with van der Waals surface area (Å²) in [6.07, 6.45) is 4.56. The SMILES string of the molecule is CN1CC(=O)N(c2ccsc2)CC12CCN(c1ncccn1)C2. The number of amides is 1. The van der Waals surface area contributed by atoms with Crippen LogP contribution in [0.1, 0.15) is 6.42 Å². The molecule has 0 aromatic carbocycles. The zero-order valence-electron chi connectivity index (χ0n) is 13.1. The van der Waals surface area contributed by atoms with E-state index in [1.165, 1.54) is 0 Å². The topological polar surface area (TPSA) is 52.6 Å². The predicted molar refractivity (Wildman–Crippen MR) is 90.9 cm³/mol. The molecule has 0 aliphatic carbocycles. The van der Waals surface area contributed by atoms with Gasteiger partial charge in [0.05, 0.1) is 17.8 Å². The van der Waals surface area contributed by atoms with E-state index in [2.05, 4.69) is 26.8 Å². The van der Waals surface area contributed by atoms with Crippen LogP contribution < -0.4 is 9.80 Å². The van der Waals surface area contributed by atoms with Crippen LogP contribution in [0.15, 0.2) is 35.3 Å². The molecule has 0 saturated carbocycles. The van der Waals surface area contributed by atoms with Crippen LogP contribution in [0, 0.1) is 0 Å². The first-order chi connectivity index (χ1) is 11.2. The smallest absolute Gasteiger partial charge is 0.241 e. The number of piperazine rings is 1. The number of thiophene rings is 1. The van der Waals surface area contributed by atoms with E-state index in [1.807, 2.05) is 27.8 Å². The first-order valence-electron chi connectivity index (χ1n) is 7.74. The summed E-state index contributed by atoms with van der Waals surface area (Å²) in [6, 6.07) is 3.85. The Hall–Kier alpha value is -1.99. The Morgan fingerprint density at radius 1 is 1.26 bits per heavy atom. The zero-order chi connectivity index (χ0) is 15.9. The first kappa shape index (κ1) is 14.6. The van der Waals surface area contributed by atoms with Gasteiger partial charge in [0.25, 0.3) is 0 Å². The van der Waals surface area contributed by atoms with E-state index in [0.29, 0.717) is 6.54 Å². The van der Waals surface area contributed by atoms with Gasteiger partial charge in [0, 0.05) is 37.4 Å². The molecule has 1 spiro atoms. The molecule has 2 aliphatic heterocycles. The van der Waals surface area contributed by atoms with Crippen molar-refractivity contribution < 1.29 is 4.79 Å². The molecule has 2 fully saturated rings. The third-order valence-corrected chi connectivity index (χ3v) is 5.59. The van der Waals surface area contributed by atoms with E-state index in [0.717, 1.165) is 37.7 Å². The van der Waals surface area contributed by atoms with Gasteiger partial charge in [0.2, 0.25) is 11.9 Å². The van der Waals surface area contributed by atoms with Crippen molar-refractivity contribution in [2.24, 2.45) is 0 Å². The molecule has 7 heteroatoms. The van der Waals surface area contributed by atoms with E-state index < -0.39 is 0 Å². The maximum atomic E-state index is 12.4. The number of aromatic nitrogens is 2. The minimum Gasteiger partial charge on any atom is -0.339 e. The van der Waals surface area contributed by atoms with E-state index in [4.69, 9.17) is 0 Å². The minimum absolute atomic E-state index is 0.0327. The molecule has 2 aromatic rings. The molecule has 6 nitrogen and oxygen atoms in total. The van der Waals surface area contributed by atoms with Crippen LogP contribution in [0.4, 0.5) is 11.6 Å². The normalized spacial score (nSPS) is 25.5. The molecule has 1 atom stereocenters. The van der Waals surface area contributed by atoms with Gasteiger partial charge in [-0.3, -0.25) is 9.69 Å². The predicted octanol–water partition coefficient (Wildman–Crippen LogP) is 1.47. The van der Waals surface area contributed by atoms with Gasteiger partial charge < -0.3 is 9.80 Å². The van der Waals surface area contributed by atoms with Crippen molar-refractivity contribution in [3.05, 3.63) is 35.3 Å². The van der Waals surface area contributed by atoms with Gasteiger partial charge >= 0.3 is 0 Å². The molecule has 2 aliphatic rings. The molecule has 0 N–H and O–H groups in total. The van der Waals surface area contributed by atoms with Crippen LogP contribution in [-0.4, -0.2) is 59.5 Å². The Labute approximate surface area is 139 Å². The molecule has 4 rings (SSSR count). The first-order valence-corrected chi connectivity index (χ1v) is 8.68. The van der Waals surface area contributed by atoms with Crippen molar-refractivity contribution in [2.75, 3.05) is 43.0 Å². The fourth-order valence-electron chi connectivity index (χ4n) is 3.53. The fraction of sp³-hybridized carbons (Fsp3) is 0.438. The number of hydrogen-bond donors (Lipinski definition) is 0. The molecule has 0 radical (unpaired) electrons. The third kappa shape index (κ3) is 2.49. The van der Waals surface area contributed by atoms with Gasteiger partial charge in [0.15, 0.2) is 0 Å². The molecule has 1 amide bonds. The van der Waals surface area contributed by atoms with E-state index >= 15 is 0 Å². The van der Waals surface area contributed by atoms with Crippen molar-refractivity contribution in [1.82, 2.24) is 14.9 Å². The lowest BCUT2D eigenvalue weighted by Gasteiger charge is -2.46. The van der Waals surface area contributed by atoms with Crippen molar-refractivity contribution in [3.8, 4) is 0 Å². The fourth-order valence-corrected chi connectivity index (χ4v) is 4.17. The van der Waals surface area contributed by atoms with E-state index in [1.54, 1.807) is 23.7 Å². The number of nitrogens with zero attached hydrogens (tertiary/aromatic N) is 5. The highest BCUT2D eigenvalue weighted by molar-refractivity contribution is 7.08. The Morgan fingerprint density at radius 3 is 2.83 bits per heavy atom. The van der Waals surface area contributed by atoms with Crippen LogP contribution in [0.25, 0.3) is 0 Å². The molecule has 2 aromatic heterocycles. The molecule has 0 bridgehead atoms.